The number of nitrogens with zero attached hydrogens (tertiary/aromatic N) is 3. The number of hydrogen-bond donors (Lipinski definition) is 2. The zero-order valence-corrected chi connectivity index (χ0v) is 15.9. The van der Waals surface area contributed by atoms with Crippen LogP contribution in [0.3, 0.4) is 0 Å². The normalized spacial score (nSPS) is 18.5. The van der Waals surface area contributed by atoms with E-state index in [1.165, 1.54) is 6.42 Å². The van der Waals surface area contributed by atoms with Crippen LogP contribution in [0.4, 0.5) is 5.95 Å². The fourth-order valence-corrected chi connectivity index (χ4v) is 3.86. The molecule has 3 aromatic rings. The summed E-state index contributed by atoms with van der Waals surface area (Å²) in [7, 11) is 0. The molecule has 2 N–H and O–H groups in total. The molecule has 2 aromatic heterocycles. The lowest BCUT2D eigenvalue weighted by atomic mass is 10.0. The molecular weight excluding hydrogens is 346 g/mol. The number of piperidine rings is 1. The van der Waals surface area contributed by atoms with E-state index in [0.29, 0.717) is 23.1 Å². The number of benzene rings is 1. The Morgan fingerprint density at radius 2 is 2.15 bits per heavy atom. The van der Waals surface area contributed by atoms with E-state index in [-0.39, 0.29) is 0 Å². The average molecular weight is 370 g/mol. The molecule has 0 saturated carbocycles. The number of halogens is 1. The summed E-state index contributed by atoms with van der Waals surface area (Å²) in [5, 5.41) is 5.19. The Morgan fingerprint density at radius 3 is 3.00 bits per heavy atom. The first-order valence-corrected chi connectivity index (χ1v) is 9.59. The molecule has 1 atom stereocenters. The molecule has 1 aromatic carbocycles. The van der Waals surface area contributed by atoms with E-state index in [1.54, 1.807) is 6.20 Å². The van der Waals surface area contributed by atoms with E-state index in [0.717, 1.165) is 41.7 Å². The molecule has 26 heavy (non-hydrogen) atoms. The first-order chi connectivity index (χ1) is 12.6. The topological polar surface area (TPSA) is 56.8 Å². The van der Waals surface area contributed by atoms with E-state index < -0.39 is 0 Å². The molecule has 0 amide bonds. The molecule has 0 spiro atoms. The summed E-state index contributed by atoms with van der Waals surface area (Å²) in [5.41, 5.74) is 2.84. The van der Waals surface area contributed by atoms with Crippen molar-refractivity contribution >= 4 is 28.5 Å². The lowest BCUT2D eigenvalue weighted by molar-refractivity contribution is 0.174. The molecule has 3 heterocycles. The maximum atomic E-state index is 6.42. The third-order valence-corrected chi connectivity index (χ3v) is 5.38. The quantitative estimate of drug-likeness (QED) is 0.707. The Labute approximate surface area is 158 Å². The van der Waals surface area contributed by atoms with Crippen LogP contribution < -0.4 is 5.32 Å². The highest BCUT2D eigenvalue weighted by atomic mass is 35.5. The van der Waals surface area contributed by atoms with Crippen molar-refractivity contribution in [3.05, 3.63) is 41.7 Å². The first kappa shape index (κ1) is 17.3. The molecule has 136 valence electrons. The van der Waals surface area contributed by atoms with Crippen LogP contribution >= 0.6 is 11.6 Å². The first-order valence-electron chi connectivity index (χ1n) is 9.21. The van der Waals surface area contributed by atoms with E-state index >= 15 is 0 Å². The van der Waals surface area contributed by atoms with Gasteiger partial charge in [0.2, 0.25) is 5.95 Å². The SMILES string of the molecule is CC(C)N1CCC[C@H](Nc2ncc(Cl)c(-c3c[nH]c4ccccc34)n2)C1. The second kappa shape index (κ2) is 7.25. The molecule has 0 radical (unpaired) electrons. The molecule has 0 unspecified atom stereocenters. The number of fused-ring (bicyclic) bond motifs is 1. The summed E-state index contributed by atoms with van der Waals surface area (Å²) in [4.78, 5) is 14.9. The van der Waals surface area contributed by atoms with Crippen molar-refractivity contribution in [3.63, 3.8) is 0 Å². The number of anilines is 1. The van der Waals surface area contributed by atoms with Crippen molar-refractivity contribution in [1.29, 1.82) is 0 Å². The van der Waals surface area contributed by atoms with Crippen molar-refractivity contribution in [1.82, 2.24) is 19.9 Å². The van der Waals surface area contributed by atoms with Gasteiger partial charge in [-0.1, -0.05) is 29.8 Å². The van der Waals surface area contributed by atoms with Crippen molar-refractivity contribution in [2.45, 2.75) is 38.8 Å². The maximum Gasteiger partial charge on any atom is 0.223 e. The number of nitrogens with one attached hydrogen (secondary N) is 2. The van der Waals surface area contributed by atoms with Crippen molar-refractivity contribution in [2.24, 2.45) is 0 Å². The summed E-state index contributed by atoms with van der Waals surface area (Å²) in [6.45, 7) is 6.68. The van der Waals surface area contributed by atoms with E-state index in [1.807, 2.05) is 18.3 Å². The molecule has 1 saturated heterocycles. The minimum absolute atomic E-state index is 0.364. The van der Waals surface area contributed by atoms with Crippen LogP contribution in [-0.4, -0.2) is 45.0 Å². The molecule has 0 bridgehead atoms. The summed E-state index contributed by atoms with van der Waals surface area (Å²) in [6.07, 6.45) is 5.98. The Kier molecular flexibility index (Phi) is 4.83. The van der Waals surface area contributed by atoms with Gasteiger partial charge < -0.3 is 10.3 Å². The second-order valence-corrected chi connectivity index (χ2v) is 7.62. The van der Waals surface area contributed by atoms with Gasteiger partial charge in [0.1, 0.15) is 0 Å². The Bertz CT molecular complexity index is 904. The number of H-pyrrole nitrogens is 1. The predicted molar refractivity (Wildman–Crippen MR) is 108 cm³/mol. The van der Waals surface area contributed by atoms with E-state index in [2.05, 4.69) is 46.2 Å². The van der Waals surface area contributed by atoms with E-state index in [9.17, 15) is 0 Å². The molecule has 1 fully saturated rings. The van der Waals surface area contributed by atoms with Gasteiger partial charge in [0.05, 0.1) is 16.9 Å². The van der Waals surface area contributed by atoms with Crippen molar-refractivity contribution in [2.75, 3.05) is 18.4 Å². The Hall–Kier alpha value is -2.11. The van der Waals surface area contributed by atoms with Gasteiger partial charge in [-0.3, -0.25) is 4.90 Å². The predicted octanol–water partition coefficient (Wildman–Crippen LogP) is 4.56. The van der Waals surface area contributed by atoms with Gasteiger partial charge in [-0.2, -0.15) is 0 Å². The highest BCUT2D eigenvalue weighted by Crippen LogP contribution is 2.32. The lowest BCUT2D eigenvalue weighted by Gasteiger charge is -2.35. The largest absolute Gasteiger partial charge is 0.360 e. The Balaban J connectivity index is 1.61. The summed E-state index contributed by atoms with van der Waals surface area (Å²) in [6, 6.07) is 9.09. The molecule has 6 heteroatoms. The van der Waals surface area contributed by atoms with Crippen molar-refractivity contribution < 1.29 is 0 Å². The van der Waals surface area contributed by atoms with Crippen LogP contribution in [-0.2, 0) is 0 Å². The lowest BCUT2D eigenvalue weighted by Crippen LogP contribution is -2.45. The van der Waals surface area contributed by atoms with Crippen molar-refractivity contribution in [3.8, 4) is 11.3 Å². The van der Waals surface area contributed by atoms with Gasteiger partial charge in [-0.05, 0) is 39.3 Å². The number of para-hydroxylation sites is 1. The smallest absolute Gasteiger partial charge is 0.223 e. The van der Waals surface area contributed by atoms with Crippen LogP contribution in [0, 0.1) is 0 Å². The fraction of sp³-hybridized carbons (Fsp3) is 0.400. The Morgan fingerprint density at radius 1 is 1.31 bits per heavy atom. The van der Waals surface area contributed by atoms with Crippen LogP contribution in [0.25, 0.3) is 22.2 Å². The number of likely N-dealkylation sites (tertiary alicyclic amines) is 1. The second-order valence-electron chi connectivity index (χ2n) is 7.21. The third kappa shape index (κ3) is 3.41. The van der Waals surface area contributed by atoms with Crippen LogP contribution in [0.5, 0.6) is 0 Å². The summed E-state index contributed by atoms with van der Waals surface area (Å²) in [5.74, 6) is 0.644. The monoisotopic (exact) mass is 369 g/mol. The van der Waals surface area contributed by atoms with Gasteiger partial charge in [0, 0.05) is 41.3 Å². The average Bonchev–Trinajstić information content (AvgIpc) is 3.07. The number of aromatic nitrogens is 3. The van der Waals surface area contributed by atoms with Gasteiger partial charge >= 0.3 is 0 Å². The third-order valence-electron chi connectivity index (χ3n) is 5.10. The molecule has 1 aliphatic heterocycles. The molecule has 4 rings (SSSR count). The highest BCUT2D eigenvalue weighted by Gasteiger charge is 2.22. The molecule has 0 aliphatic carbocycles. The zero-order chi connectivity index (χ0) is 18.1. The van der Waals surface area contributed by atoms with Gasteiger partial charge in [-0.25, -0.2) is 9.97 Å². The standard InChI is InChI=1S/C20H24ClN5/c1-13(2)26-9-5-6-14(12-26)24-20-23-11-17(21)19(25-20)16-10-22-18-8-4-3-7-15(16)18/h3-4,7-8,10-11,13-14,22H,5-6,9,12H2,1-2H3,(H,23,24,25)/t14-/m0/s1. The van der Waals surface area contributed by atoms with Gasteiger partial charge in [0.15, 0.2) is 0 Å². The van der Waals surface area contributed by atoms with E-state index in [4.69, 9.17) is 16.6 Å². The summed E-state index contributed by atoms with van der Waals surface area (Å²) < 4.78 is 0. The molecular formula is C20H24ClN5. The van der Waals surface area contributed by atoms with Crippen LogP contribution in [0.1, 0.15) is 26.7 Å². The zero-order valence-electron chi connectivity index (χ0n) is 15.2. The number of aromatic amines is 1. The molecule has 5 nitrogen and oxygen atoms in total. The minimum Gasteiger partial charge on any atom is -0.360 e. The maximum absolute atomic E-state index is 6.42. The fourth-order valence-electron chi connectivity index (χ4n) is 3.67. The summed E-state index contributed by atoms with van der Waals surface area (Å²) >= 11 is 6.42. The van der Waals surface area contributed by atoms with Crippen LogP contribution in [0.2, 0.25) is 5.02 Å². The van der Waals surface area contributed by atoms with Crippen LogP contribution in [0.15, 0.2) is 36.7 Å². The van der Waals surface area contributed by atoms with Gasteiger partial charge in [0.25, 0.3) is 0 Å². The molecule has 1 aliphatic rings. The highest BCUT2D eigenvalue weighted by molar-refractivity contribution is 6.33. The minimum atomic E-state index is 0.364. The number of rotatable bonds is 4. The van der Waals surface area contributed by atoms with Gasteiger partial charge in [-0.15, -0.1) is 0 Å². The number of hydrogen-bond acceptors (Lipinski definition) is 4.